The molecule has 0 fully saturated rings. The molecule has 1 aromatic carbocycles. The van der Waals surface area contributed by atoms with E-state index in [9.17, 15) is 13.6 Å². The molecule has 0 aliphatic rings. The summed E-state index contributed by atoms with van der Waals surface area (Å²) in [4.78, 5) is 20.7. The van der Waals surface area contributed by atoms with Gasteiger partial charge in [-0.15, -0.1) is 0 Å². The zero-order chi connectivity index (χ0) is 21.3. The predicted octanol–water partition coefficient (Wildman–Crippen LogP) is 4.21. The molecule has 0 aliphatic heterocycles. The molecule has 1 atom stereocenters. The summed E-state index contributed by atoms with van der Waals surface area (Å²) in [5.41, 5.74) is 2.24. The number of aromatic nitrogens is 4. The largest absolute Gasteiger partial charge is 0.456 e. The van der Waals surface area contributed by atoms with E-state index < -0.39 is 11.8 Å². The van der Waals surface area contributed by atoms with Crippen molar-refractivity contribution in [1.29, 1.82) is 0 Å². The summed E-state index contributed by atoms with van der Waals surface area (Å²) in [6.07, 6.45) is 1.78. The molecule has 9 heteroatoms. The fourth-order valence-electron chi connectivity index (χ4n) is 2.95. The molecule has 0 amide bonds. The minimum Gasteiger partial charge on any atom is -0.456 e. The number of rotatable bonds is 6. The second kappa shape index (κ2) is 8.02. The summed E-state index contributed by atoms with van der Waals surface area (Å²) >= 11 is 0. The van der Waals surface area contributed by atoms with Crippen LogP contribution < -0.4 is 0 Å². The standard InChI is InChI=1S/C21H18F2N4O3/c1-3-12(2)29-21(28)20-24-17(26-30-20)10-16-19(13-4-6-14(22)7-5-13)25-18-9-8-15(23)11-27(16)18/h4-9,11-12H,3,10H2,1-2H3. The molecule has 0 saturated carbocycles. The first-order chi connectivity index (χ1) is 14.4. The lowest BCUT2D eigenvalue weighted by molar-refractivity contribution is 0.0279. The number of nitrogens with zero attached hydrogens (tertiary/aromatic N) is 4. The van der Waals surface area contributed by atoms with Crippen molar-refractivity contribution < 1.29 is 22.8 Å². The lowest BCUT2D eigenvalue weighted by Gasteiger charge is -2.07. The van der Waals surface area contributed by atoms with Gasteiger partial charge in [0, 0.05) is 11.8 Å². The molecular formula is C21H18F2N4O3. The first-order valence-corrected chi connectivity index (χ1v) is 9.40. The highest BCUT2D eigenvalue weighted by Crippen LogP contribution is 2.27. The van der Waals surface area contributed by atoms with Crippen LogP contribution in [0.4, 0.5) is 8.78 Å². The van der Waals surface area contributed by atoms with Gasteiger partial charge in [0.05, 0.1) is 23.9 Å². The lowest BCUT2D eigenvalue weighted by atomic mass is 10.1. The number of pyridine rings is 1. The van der Waals surface area contributed by atoms with Crippen molar-refractivity contribution in [3.05, 3.63) is 71.6 Å². The van der Waals surface area contributed by atoms with Crippen molar-refractivity contribution in [3.63, 3.8) is 0 Å². The van der Waals surface area contributed by atoms with Gasteiger partial charge in [0.15, 0.2) is 5.82 Å². The van der Waals surface area contributed by atoms with Gasteiger partial charge in [-0.3, -0.25) is 0 Å². The summed E-state index contributed by atoms with van der Waals surface area (Å²) < 4.78 is 39.0. The zero-order valence-corrected chi connectivity index (χ0v) is 16.3. The molecule has 4 rings (SSSR count). The van der Waals surface area contributed by atoms with Crippen LogP contribution in [0, 0.1) is 11.6 Å². The Kier molecular flexibility index (Phi) is 5.26. The van der Waals surface area contributed by atoms with Crippen molar-refractivity contribution in [3.8, 4) is 11.3 Å². The number of carbonyl (C=O) groups excluding carboxylic acids is 1. The first kappa shape index (κ1) is 19.7. The molecule has 7 nitrogen and oxygen atoms in total. The van der Waals surface area contributed by atoms with Crippen molar-refractivity contribution in [2.24, 2.45) is 0 Å². The van der Waals surface area contributed by atoms with Crippen LogP contribution in [0.1, 0.15) is 42.5 Å². The van der Waals surface area contributed by atoms with E-state index in [1.54, 1.807) is 23.5 Å². The number of fused-ring (bicyclic) bond motifs is 1. The van der Waals surface area contributed by atoms with Crippen LogP contribution in [0.25, 0.3) is 16.9 Å². The third-order valence-electron chi connectivity index (χ3n) is 4.65. The number of ether oxygens (including phenoxy) is 1. The van der Waals surface area contributed by atoms with E-state index in [1.165, 1.54) is 30.5 Å². The molecule has 4 aromatic rings. The highest BCUT2D eigenvalue weighted by atomic mass is 19.1. The van der Waals surface area contributed by atoms with Crippen molar-refractivity contribution in [1.82, 2.24) is 19.5 Å². The third kappa shape index (κ3) is 3.91. The third-order valence-corrected chi connectivity index (χ3v) is 4.65. The molecule has 0 radical (unpaired) electrons. The number of hydrogen-bond acceptors (Lipinski definition) is 6. The molecule has 0 saturated heterocycles. The van der Waals surface area contributed by atoms with Gasteiger partial charge < -0.3 is 13.7 Å². The summed E-state index contributed by atoms with van der Waals surface area (Å²) in [7, 11) is 0. The molecule has 3 heterocycles. The van der Waals surface area contributed by atoms with Crippen molar-refractivity contribution >= 4 is 11.6 Å². The number of hydrogen-bond donors (Lipinski definition) is 0. The van der Waals surface area contributed by atoms with E-state index in [0.717, 1.165) is 0 Å². The van der Waals surface area contributed by atoms with Crippen molar-refractivity contribution in [2.75, 3.05) is 0 Å². The molecule has 154 valence electrons. The predicted molar refractivity (Wildman–Crippen MR) is 103 cm³/mol. The van der Waals surface area contributed by atoms with Crippen molar-refractivity contribution in [2.45, 2.75) is 32.8 Å². The molecule has 1 unspecified atom stereocenters. The van der Waals surface area contributed by atoms with E-state index in [0.29, 0.717) is 29.0 Å². The number of carbonyl (C=O) groups is 1. The van der Waals surface area contributed by atoms with Gasteiger partial charge in [-0.05, 0) is 49.7 Å². The first-order valence-electron chi connectivity index (χ1n) is 9.40. The number of esters is 1. The van der Waals surface area contributed by atoms with Crippen LogP contribution in [0.2, 0.25) is 0 Å². The van der Waals surface area contributed by atoms with Crippen LogP contribution in [0.5, 0.6) is 0 Å². The summed E-state index contributed by atoms with van der Waals surface area (Å²) in [5, 5.41) is 3.84. The minimum atomic E-state index is -0.703. The lowest BCUT2D eigenvalue weighted by Crippen LogP contribution is -2.14. The Bertz CT molecular complexity index is 1200. The van der Waals surface area contributed by atoms with Crippen LogP contribution in [-0.2, 0) is 11.2 Å². The summed E-state index contributed by atoms with van der Waals surface area (Å²) in [6.45, 7) is 3.65. The van der Waals surface area contributed by atoms with Gasteiger partial charge in [-0.1, -0.05) is 12.1 Å². The van der Waals surface area contributed by atoms with Crippen LogP contribution in [0.3, 0.4) is 0 Å². The Balaban J connectivity index is 1.71. The summed E-state index contributed by atoms with van der Waals surface area (Å²) in [5.74, 6) is -1.57. The van der Waals surface area contributed by atoms with Crippen LogP contribution in [-0.4, -0.2) is 31.6 Å². The van der Waals surface area contributed by atoms with Gasteiger partial charge in [-0.2, -0.15) is 4.98 Å². The monoisotopic (exact) mass is 412 g/mol. The van der Waals surface area contributed by atoms with Gasteiger partial charge in [0.25, 0.3) is 0 Å². The summed E-state index contributed by atoms with van der Waals surface area (Å²) in [6, 6.07) is 8.65. The second-order valence-corrected chi connectivity index (χ2v) is 6.81. The Morgan fingerprint density at radius 2 is 1.87 bits per heavy atom. The highest BCUT2D eigenvalue weighted by molar-refractivity contribution is 5.84. The topological polar surface area (TPSA) is 82.5 Å². The van der Waals surface area contributed by atoms with Gasteiger partial charge in [0.2, 0.25) is 0 Å². The van der Waals surface area contributed by atoms with E-state index in [2.05, 4.69) is 15.1 Å². The zero-order valence-electron chi connectivity index (χ0n) is 16.3. The van der Waals surface area contributed by atoms with E-state index in [4.69, 9.17) is 9.26 Å². The molecule has 0 N–H and O–H groups in total. The van der Waals surface area contributed by atoms with E-state index >= 15 is 0 Å². The average Bonchev–Trinajstić information content (AvgIpc) is 3.34. The van der Waals surface area contributed by atoms with E-state index in [-0.39, 0.29) is 30.1 Å². The maximum absolute atomic E-state index is 13.9. The van der Waals surface area contributed by atoms with E-state index in [1.807, 2.05) is 6.92 Å². The normalized spacial score (nSPS) is 12.3. The Hall–Kier alpha value is -3.62. The quantitative estimate of drug-likeness (QED) is 0.441. The molecule has 0 bridgehead atoms. The molecular weight excluding hydrogens is 394 g/mol. The van der Waals surface area contributed by atoms with Crippen LogP contribution in [0.15, 0.2) is 47.1 Å². The Morgan fingerprint density at radius 3 is 2.60 bits per heavy atom. The van der Waals surface area contributed by atoms with Gasteiger partial charge in [-0.25, -0.2) is 18.6 Å². The highest BCUT2D eigenvalue weighted by Gasteiger charge is 2.22. The maximum atomic E-state index is 13.9. The van der Waals surface area contributed by atoms with Gasteiger partial charge in [0.1, 0.15) is 17.3 Å². The fraction of sp³-hybridized carbons (Fsp3) is 0.238. The Morgan fingerprint density at radius 1 is 1.13 bits per heavy atom. The van der Waals surface area contributed by atoms with Gasteiger partial charge >= 0.3 is 11.9 Å². The molecule has 30 heavy (non-hydrogen) atoms. The minimum absolute atomic E-state index is 0.109. The molecule has 3 aromatic heterocycles. The SMILES string of the molecule is CCC(C)OC(=O)c1nc(Cc2c(-c3ccc(F)cc3)nc3ccc(F)cn23)no1. The van der Waals surface area contributed by atoms with Crippen LogP contribution >= 0.6 is 0 Å². The number of benzene rings is 1. The molecule has 0 aliphatic carbocycles. The fourth-order valence-corrected chi connectivity index (χ4v) is 2.95. The maximum Gasteiger partial charge on any atom is 0.397 e. The molecule has 0 spiro atoms. The smallest absolute Gasteiger partial charge is 0.397 e. The second-order valence-electron chi connectivity index (χ2n) is 6.81. The Labute approximate surface area is 170 Å². The number of halogens is 2. The number of imidazole rings is 1. The average molecular weight is 412 g/mol.